The quantitative estimate of drug-likeness (QED) is 0.439. The predicted octanol–water partition coefficient (Wildman–Crippen LogP) is 4.88. The maximum Gasteiger partial charge on any atom is 0.0314 e. The molecule has 0 radical (unpaired) electrons. The van der Waals surface area contributed by atoms with E-state index in [1.807, 2.05) is 12.1 Å². The van der Waals surface area contributed by atoms with Gasteiger partial charge in [0.2, 0.25) is 0 Å². The number of nitrogens with two attached hydrogens (primary N) is 1. The van der Waals surface area contributed by atoms with Crippen LogP contribution in [0, 0.1) is 0 Å². The number of aryl methyl sites for hydroxylation is 1. The molecule has 0 fully saturated rings. The molecular formula is C19H34N2. The molecule has 0 aliphatic heterocycles. The molecule has 0 amide bonds. The molecule has 0 atom stereocenters. The summed E-state index contributed by atoms with van der Waals surface area (Å²) in [6.45, 7) is 8.28. The number of nitrogen functional groups attached to an aromatic ring is 1. The lowest BCUT2D eigenvalue weighted by Crippen LogP contribution is -2.25. The van der Waals surface area contributed by atoms with Gasteiger partial charge in [-0.25, -0.2) is 0 Å². The summed E-state index contributed by atoms with van der Waals surface area (Å²) in [5.74, 6) is 0. The van der Waals surface area contributed by atoms with Crippen molar-refractivity contribution in [2.75, 3.05) is 25.4 Å². The molecule has 2 nitrogen and oxygen atoms in total. The highest BCUT2D eigenvalue weighted by Crippen LogP contribution is 2.10. The van der Waals surface area contributed by atoms with Crippen LogP contribution in [0.2, 0.25) is 0 Å². The van der Waals surface area contributed by atoms with Crippen LogP contribution in [0.25, 0.3) is 0 Å². The van der Waals surface area contributed by atoms with Gasteiger partial charge < -0.3 is 10.6 Å². The monoisotopic (exact) mass is 290 g/mol. The summed E-state index contributed by atoms with van der Waals surface area (Å²) in [4.78, 5) is 2.61. The van der Waals surface area contributed by atoms with Crippen molar-refractivity contribution in [1.82, 2.24) is 4.90 Å². The molecule has 0 aliphatic carbocycles. The van der Waals surface area contributed by atoms with Gasteiger partial charge in [0, 0.05) is 5.69 Å². The summed E-state index contributed by atoms with van der Waals surface area (Å²) in [6.07, 6.45) is 10.7. The average Bonchev–Trinajstić information content (AvgIpc) is 2.51. The molecule has 120 valence electrons. The van der Waals surface area contributed by atoms with Crippen molar-refractivity contribution in [1.29, 1.82) is 0 Å². The Balaban J connectivity index is 2.07. The van der Waals surface area contributed by atoms with E-state index >= 15 is 0 Å². The first-order valence-electron chi connectivity index (χ1n) is 8.83. The predicted molar refractivity (Wildman–Crippen MR) is 94.7 cm³/mol. The smallest absolute Gasteiger partial charge is 0.0314 e. The summed E-state index contributed by atoms with van der Waals surface area (Å²) in [5.41, 5.74) is 7.98. The summed E-state index contributed by atoms with van der Waals surface area (Å²) in [6, 6.07) is 8.31. The summed E-state index contributed by atoms with van der Waals surface area (Å²) in [7, 11) is 0. The van der Waals surface area contributed by atoms with Gasteiger partial charge in [-0.15, -0.1) is 0 Å². The molecule has 2 heteroatoms. The fourth-order valence-corrected chi connectivity index (χ4v) is 2.72. The van der Waals surface area contributed by atoms with Gasteiger partial charge in [-0.1, -0.05) is 51.7 Å². The molecule has 0 aliphatic rings. The Morgan fingerprint density at radius 1 is 0.810 bits per heavy atom. The van der Waals surface area contributed by atoms with Crippen molar-refractivity contribution in [3.63, 3.8) is 0 Å². The third-order valence-electron chi connectivity index (χ3n) is 4.19. The highest BCUT2D eigenvalue weighted by atomic mass is 15.1. The maximum absolute atomic E-state index is 5.71. The molecular weight excluding hydrogens is 256 g/mol. The van der Waals surface area contributed by atoms with E-state index in [1.165, 1.54) is 76.6 Å². The molecule has 0 aromatic heterocycles. The van der Waals surface area contributed by atoms with Crippen LogP contribution in [0.1, 0.15) is 64.4 Å². The van der Waals surface area contributed by atoms with E-state index in [4.69, 9.17) is 5.73 Å². The van der Waals surface area contributed by atoms with Gasteiger partial charge in [-0.05, 0) is 63.0 Å². The lowest BCUT2D eigenvalue weighted by molar-refractivity contribution is 0.275. The summed E-state index contributed by atoms with van der Waals surface area (Å²) < 4.78 is 0. The van der Waals surface area contributed by atoms with E-state index in [-0.39, 0.29) is 0 Å². The summed E-state index contributed by atoms with van der Waals surface area (Å²) in [5, 5.41) is 0. The van der Waals surface area contributed by atoms with Crippen LogP contribution in [0.5, 0.6) is 0 Å². The van der Waals surface area contributed by atoms with Gasteiger partial charge in [0.1, 0.15) is 0 Å². The highest BCUT2D eigenvalue weighted by molar-refractivity contribution is 5.39. The van der Waals surface area contributed by atoms with Crippen LogP contribution in [0.3, 0.4) is 0 Å². The zero-order valence-corrected chi connectivity index (χ0v) is 14.1. The lowest BCUT2D eigenvalue weighted by Gasteiger charge is -2.20. The van der Waals surface area contributed by atoms with Crippen molar-refractivity contribution >= 4 is 5.69 Å². The van der Waals surface area contributed by atoms with Gasteiger partial charge in [-0.2, -0.15) is 0 Å². The number of rotatable bonds is 12. The molecule has 0 unspecified atom stereocenters. The van der Waals surface area contributed by atoms with Gasteiger partial charge in [-0.3, -0.25) is 0 Å². The number of anilines is 1. The lowest BCUT2D eigenvalue weighted by atomic mass is 10.1. The molecule has 0 saturated heterocycles. The fourth-order valence-electron chi connectivity index (χ4n) is 2.72. The fraction of sp³-hybridized carbons (Fsp3) is 0.684. The second kappa shape index (κ2) is 11.6. The number of nitrogens with zero attached hydrogens (tertiary/aromatic N) is 1. The van der Waals surface area contributed by atoms with Gasteiger partial charge in [0.15, 0.2) is 0 Å². The Labute approximate surface area is 131 Å². The second-order valence-corrected chi connectivity index (χ2v) is 6.05. The SMILES string of the molecule is CCCCCCCN(CC)CCCCc1ccc(N)cc1. The van der Waals surface area contributed by atoms with E-state index in [9.17, 15) is 0 Å². The van der Waals surface area contributed by atoms with Gasteiger partial charge in [0.05, 0.1) is 0 Å². The van der Waals surface area contributed by atoms with E-state index in [0.717, 1.165) is 5.69 Å². The standard InChI is InChI=1S/C19H34N2/c1-3-5-6-7-9-16-21(4-2)17-10-8-11-18-12-14-19(20)15-13-18/h12-15H,3-11,16-17,20H2,1-2H3. The second-order valence-electron chi connectivity index (χ2n) is 6.05. The third kappa shape index (κ3) is 8.77. The van der Waals surface area contributed by atoms with Crippen LogP contribution in [0.4, 0.5) is 5.69 Å². The van der Waals surface area contributed by atoms with E-state index in [1.54, 1.807) is 0 Å². The van der Waals surface area contributed by atoms with Gasteiger partial charge in [0.25, 0.3) is 0 Å². The zero-order valence-electron chi connectivity index (χ0n) is 14.1. The average molecular weight is 290 g/mol. The Bertz CT molecular complexity index is 345. The Kier molecular flexibility index (Phi) is 9.98. The maximum atomic E-state index is 5.71. The minimum Gasteiger partial charge on any atom is -0.399 e. The molecule has 2 N–H and O–H groups in total. The third-order valence-corrected chi connectivity index (χ3v) is 4.19. The van der Waals surface area contributed by atoms with Crippen molar-refractivity contribution in [2.24, 2.45) is 0 Å². The van der Waals surface area contributed by atoms with E-state index in [0.29, 0.717) is 0 Å². The molecule has 1 aromatic carbocycles. The Morgan fingerprint density at radius 2 is 1.43 bits per heavy atom. The molecule has 1 rings (SSSR count). The molecule has 21 heavy (non-hydrogen) atoms. The van der Waals surface area contributed by atoms with Crippen molar-refractivity contribution < 1.29 is 0 Å². The number of unbranched alkanes of at least 4 members (excludes halogenated alkanes) is 5. The number of hydrogen-bond acceptors (Lipinski definition) is 2. The molecule has 0 spiro atoms. The normalized spacial score (nSPS) is 11.2. The summed E-state index contributed by atoms with van der Waals surface area (Å²) >= 11 is 0. The highest BCUT2D eigenvalue weighted by Gasteiger charge is 2.02. The number of hydrogen-bond donors (Lipinski definition) is 1. The van der Waals surface area contributed by atoms with Crippen molar-refractivity contribution in [3.05, 3.63) is 29.8 Å². The molecule has 0 bridgehead atoms. The topological polar surface area (TPSA) is 29.3 Å². The van der Waals surface area contributed by atoms with E-state index in [2.05, 4.69) is 30.9 Å². The Hall–Kier alpha value is -1.02. The van der Waals surface area contributed by atoms with Crippen LogP contribution >= 0.6 is 0 Å². The first kappa shape index (κ1) is 18.0. The first-order valence-corrected chi connectivity index (χ1v) is 8.83. The van der Waals surface area contributed by atoms with Crippen LogP contribution in [-0.2, 0) is 6.42 Å². The minimum absolute atomic E-state index is 0.860. The van der Waals surface area contributed by atoms with Crippen molar-refractivity contribution in [3.8, 4) is 0 Å². The first-order chi connectivity index (χ1) is 10.3. The largest absolute Gasteiger partial charge is 0.399 e. The molecule has 0 heterocycles. The molecule has 0 saturated carbocycles. The number of benzene rings is 1. The Morgan fingerprint density at radius 3 is 2.05 bits per heavy atom. The zero-order chi connectivity index (χ0) is 15.3. The van der Waals surface area contributed by atoms with Gasteiger partial charge >= 0.3 is 0 Å². The van der Waals surface area contributed by atoms with Crippen molar-refractivity contribution in [2.45, 2.75) is 65.2 Å². The van der Waals surface area contributed by atoms with Crippen LogP contribution in [0.15, 0.2) is 24.3 Å². The van der Waals surface area contributed by atoms with Crippen LogP contribution in [-0.4, -0.2) is 24.5 Å². The molecule has 1 aromatic rings. The minimum atomic E-state index is 0.860. The van der Waals surface area contributed by atoms with E-state index < -0.39 is 0 Å². The van der Waals surface area contributed by atoms with Crippen LogP contribution < -0.4 is 5.73 Å².